The predicted octanol–water partition coefficient (Wildman–Crippen LogP) is 3.77. The minimum Gasteiger partial charge on any atom is -0.494 e. The number of primary amides is 1. The van der Waals surface area contributed by atoms with Crippen LogP contribution in [0.15, 0.2) is 61.1 Å². The Morgan fingerprint density at radius 2 is 1.91 bits per heavy atom. The number of nitrogens with zero attached hydrogens (tertiary/aromatic N) is 2. The molecule has 1 atom stereocenters. The van der Waals surface area contributed by atoms with Gasteiger partial charge in [0.15, 0.2) is 0 Å². The number of nitrogens with two attached hydrogens (primary N) is 1. The number of aliphatic hydroxyl groups is 1. The van der Waals surface area contributed by atoms with E-state index >= 15 is 0 Å². The van der Waals surface area contributed by atoms with E-state index in [4.69, 9.17) is 15.2 Å². The van der Waals surface area contributed by atoms with E-state index in [2.05, 4.69) is 11.1 Å². The number of para-hydroxylation sites is 1. The molecule has 0 aliphatic heterocycles. The molecule has 1 unspecified atom stereocenters. The molecule has 0 saturated heterocycles. The maximum absolute atomic E-state index is 11.1. The molecule has 32 heavy (non-hydrogen) atoms. The van der Waals surface area contributed by atoms with Crippen LogP contribution in [0.25, 0.3) is 0 Å². The van der Waals surface area contributed by atoms with E-state index in [1.807, 2.05) is 49.4 Å². The summed E-state index contributed by atoms with van der Waals surface area (Å²) in [5, 5.41) is 10.3. The molecule has 1 aromatic heterocycles. The molecule has 3 N–H and O–H groups in total. The second-order valence-corrected chi connectivity index (χ2v) is 7.34. The Morgan fingerprint density at radius 3 is 2.59 bits per heavy atom. The third-order valence-electron chi connectivity index (χ3n) is 4.89. The van der Waals surface area contributed by atoms with Crippen LogP contribution in [0.5, 0.6) is 11.5 Å². The van der Waals surface area contributed by atoms with E-state index in [1.54, 1.807) is 10.8 Å². The van der Waals surface area contributed by atoms with Crippen LogP contribution in [0.2, 0.25) is 0 Å². The number of benzene rings is 2. The van der Waals surface area contributed by atoms with Crippen molar-refractivity contribution in [3.05, 3.63) is 77.9 Å². The van der Waals surface area contributed by atoms with Gasteiger partial charge < -0.3 is 24.9 Å². The highest BCUT2D eigenvalue weighted by Crippen LogP contribution is 2.22. The number of rotatable bonds is 12. The van der Waals surface area contributed by atoms with Gasteiger partial charge in [0, 0.05) is 12.7 Å². The van der Waals surface area contributed by atoms with Crippen molar-refractivity contribution >= 4 is 18.3 Å². The number of aliphatic hydroxyl groups excluding tert-OH is 1. The van der Waals surface area contributed by atoms with Gasteiger partial charge in [0.05, 0.1) is 19.0 Å². The van der Waals surface area contributed by atoms with Crippen molar-refractivity contribution in [1.82, 2.24) is 9.55 Å². The first-order chi connectivity index (χ1) is 15.0. The third-order valence-corrected chi connectivity index (χ3v) is 4.89. The lowest BCUT2D eigenvalue weighted by Crippen LogP contribution is -2.15. The van der Waals surface area contributed by atoms with Crippen LogP contribution in [0.1, 0.15) is 41.4 Å². The van der Waals surface area contributed by atoms with Crippen molar-refractivity contribution < 1.29 is 19.4 Å². The Morgan fingerprint density at radius 1 is 1.16 bits per heavy atom. The van der Waals surface area contributed by atoms with Gasteiger partial charge in [0.25, 0.3) is 5.91 Å². The first-order valence-corrected chi connectivity index (χ1v) is 10.5. The first-order valence-electron chi connectivity index (χ1n) is 10.5. The first kappa shape index (κ1) is 25.2. The molecule has 0 radical (unpaired) electrons. The smallest absolute Gasteiger partial charge is 0.268 e. The Balaban J connectivity index is 0.00000363. The van der Waals surface area contributed by atoms with Gasteiger partial charge in [-0.15, -0.1) is 12.4 Å². The second kappa shape index (κ2) is 12.7. The van der Waals surface area contributed by atoms with Crippen molar-refractivity contribution in [1.29, 1.82) is 0 Å². The summed E-state index contributed by atoms with van der Waals surface area (Å²) in [5.74, 6) is 1.13. The number of hydrogen-bond acceptors (Lipinski definition) is 5. The van der Waals surface area contributed by atoms with Crippen LogP contribution in [-0.2, 0) is 19.6 Å². The highest BCUT2D eigenvalue weighted by atomic mass is 35.5. The largest absolute Gasteiger partial charge is 0.494 e. The molecule has 0 aliphatic carbocycles. The SMILES string of the molecule is CCOc1ccc(COc2ccccc2CCCC(O)Cn2cnc(C(N)=O)c2)cc1.Cl. The summed E-state index contributed by atoms with van der Waals surface area (Å²) in [5.41, 5.74) is 7.59. The molecule has 2 aromatic carbocycles. The van der Waals surface area contributed by atoms with Crippen molar-refractivity contribution in [2.75, 3.05) is 6.61 Å². The van der Waals surface area contributed by atoms with Crippen LogP contribution < -0.4 is 15.2 Å². The van der Waals surface area contributed by atoms with E-state index in [0.717, 1.165) is 35.5 Å². The molecular weight excluding hydrogens is 430 g/mol. The number of carbonyl (C=O) groups is 1. The maximum atomic E-state index is 11.1. The molecule has 1 amide bonds. The topological polar surface area (TPSA) is 99.6 Å². The van der Waals surface area contributed by atoms with Gasteiger partial charge in [-0.05, 0) is 55.5 Å². The zero-order valence-corrected chi connectivity index (χ0v) is 19.0. The van der Waals surface area contributed by atoms with Gasteiger partial charge in [-0.25, -0.2) is 4.98 Å². The van der Waals surface area contributed by atoms with Gasteiger partial charge in [0.1, 0.15) is 23.8 Å². The average molecular weight is 460 g/mol. The summed E-state index contributed by atoms with van der Waals surface area (Å²) in [4.78, 5) is 15.0. The van der Waals surface area contributed by atoms with Crippen molar-refractivity contribution in [3.8, 4) is 11.5 Å². The molecule has 8 heteroatoms. The maximum Gasteiger partial charge on any atom is 0.268 e. The van der Waals surface area contributed by atoms with Crippen LogP contribution in [0, 0.1) is 0 Å². The molecule has 3 rings (SSSR count). The average Bonchev–Trinajstić information content (AvgIpc) is 3.23. The van der Waals surface area contributed by atoms with Crippen LogP contribution >= 0.6 is 12.4 Å². The van der Waals surface area contributed by atoms with Gasteiger partial charge in [0.2, 0.25) is 0 Å². The zero-order valence-electron chi connectivity index (χ0n) is 18.1. The third kappa shape index (κ3) is 7.59. The Labute approximate surface area is 194 Å². The lowest BCUT2D eigenvalue weighted by atomic mass is 10.0. The zero-order chi connectivity index (χ0) is 22.1. The highest BCUT2D eigenvalue weighted by Gasteiger charge is 2.10. The van der Waals surface area contributed by atoms with Crippen LogP contribution in [0.3, 0.4) is 0 Å². The fourth-order valence-corrected chi connectivity index (χ4v) is 3.31. The summed E-state index contributed by atoms with van der Waals surface area (Å²) in [6.07, 6.45) is 4.75. The van der Waals surface area contributed by atoms with Crippen LogP contribution in [-0.4, -0.2) is 33.3 Å². The van der Waals surface area contributed by atoms with Gasteiger partial charge in [-0.1, -0.05) is 30.3 Å². The predicted molar refractivity (Wildman–Crippen MR) is 125 cm³/mol. The minimum atomic E-state index is -0.574. The lowest BCUT2D eigenvalue weighted by Gasteiger charge is -2.14. The second-order valence-electron chi connectivity index (χ2n) is 7.34. The number of ether oxygens (including phenoxy) is 2. The lowest BCUT2D eigenvalue weighted by molar-refractivity contribution is 0.0995. The molecule has 0 spiro atoms. The molecule has 0 saturated carbocycles. The summed E-state index contributed by atoms with van der Waals surface area (Å²) in [7, 11) is 0. The summed E-state index contributed by atoms with van der Waals surface area (Å²) in [6.45, 7) is 3.46. The molecule has 0 fully saturated rings. The minimum absolute atomic E-state index is 0. The Bertz CT molecular complexity index is 975. The molecule has 0 aliphatic rings. The fourth-order valence-electron chi connectivity index (χ4n) is 3.31. The Kier molecular flexibility index (Phi) is 10.0. The number of halogens is 1. The van der Waals surface area contributed by atoms with E-state index in [-0.39, 0.29) is 18.1 Å². The fraction of sp³-hybridized carbons (Fsp3) is 0.333. The monoisotopic (exact) mass is 459 g/mol. The Hall–Kier alpha value is -3.03. The van der Waals surface area contributed by atoms with Crippen molar-refractivity contribution in [3.63, 3.8) is 0 Å². The number of carbonyl (C=O) groups excluding carboxylic acids is 1. The molecule has 0 bridgehead atoms. The highest BCUT2D eigenvalue weighted by molar-refractivity contribution is 5.90. The summed E-state index contributed by atoms with van der Waals surface area (Å²) in [6, 6.07) is 15.9. The van der Waals surface area contributed by atoms with Crippen molar-refractivity contribution in [2.45, 2.75) is 45.4 Å². The number of aromatic nitrogens is 2. The number of amides is 1. The van der Waals surface area contributed by atoms with Crippen molar-refractivity contribution in [2.24, 2.45) is 5.73 Å². The van der Waals surface area contributed by atoms with Gasteiger partial charge in [-0.3, -0.25) is 4.79 Å². The number of hydrogen-bond donors (Lipinski definition) is 2. The molecule has 172 valence electrons. The van der Waals surface area contributed by atoms with E-state index in [0.29, 0.717) is 26.2 Å². The standard InChI is InChI=1S/C24H29N3O4.ClH/c1-2-30-21-12-10-18(11-13-21)16-31-23-9-4-3-6-19(23)7-5-8-20(28)14-27-15-22(24(25)29)26-17-27;/h3-4,6,9-13,15,17,20,28H,2,5,7-8,14,16H2,1H3,(H2,25,29);1H. The summed E-state index contributed by atoms with van der Waals surface area (Å²) < 4.78 is 13.2. The number of imidazole rings is 1. The van der Waals surface area contributed by atoms with Gasteiger partial charge in [-0.2, -0.15) is 0 Å². The number of aryl methyl sites for hydroxylation is 1. The quantitative estimate of drug-likeness (QED) is 0.429. The molecule has 1 heterocycles. The van der Waals surface area contributed by atoms with E-state index < -0.39 is 12.0 Å². The van der Waals surface area contributed by atoms with E-state index in [9.17, 15) is 9.90 Å². The van der Waals surface area contributed by atoms with Gasteiger partial charge >= 0.3 is 0 Å². The summed E-state index contributed by atoms with van der Waals surface area (Å²) >= 11 is 0. The van der Waals surface area contributed by atoms with Crippen LogP contribution in [0.4, 0.5) is 0 Å². The van der Waals surface area contributed by atoms with E-state index in [1.165, 1.54) is 6.33 Å². The molecule has 7 nitrogen and oxygen atoms in total. The normalized spacial score (nSPS) is 11.4. The molecular formula is C24H30ClN3O4. The molecule has 3 aromatic rings.